The molecule has 132 valence electrons. The predicted molar refractivity (Wildman–Crippen MR) is 92.1 cm³/mol. The average molecular weight is 342 g/mol. The highest BCUT2D eigenvalue weighted by Gasteiger charge is 2.34. The Morgan fingerprint density at radius 2 is 1.84 bits per heavy atom. The molecule has 1 saturated heterocycles. The van der Waals surface area contributed by atoms with Crippen LogP contribution in [-0.2, 0) is 9.59 Å². The first-order valence-corrected chi connectivity index (χ1v) is 8.86. The summed E-state index contributed by atoms with van der Waals surface area (Å²) in [6, 6.07) is 5.72. The molecule has 25 heavy (non-hydrogen) atoms. The fraction of sp³-hybridized carbons (Fsp3) is 0.474. The Bertz CT molecular complexity index is 703. The Kier molecular flexibility index (Phi) is 4.34. The molecule has 0 spiro atoms. The van der Waals surface area contributed by atoms with Gasteiger partial charge in [-0.2, -0.15) is 0 Å². The molecule has 2 amide bonds. The van der Waals surface area contributed by atoms with Crippen LogP contribution in [0.4, 0.5) is 0 Å². The van der Waals surface area contributed by atoms with Crippen molar-refractivity contribution in [3.63, 3.8) is 0 Å². The molecule has 0 aromatic heterocycles. The maximum atomic E-state index is 12.1. The number of hydrogen-bond acceptors (Lipinski definition) is 4. The third-order valence-corrected chi connectivity index (χ3v) is 4.90. The quantitative estimate of drug-likeness (QED) is 0.849. The van der Waals surface area contributed by atoms with E-state index < -0.39 is 0 Å². The number of nitrogens with one attached hydrogen (secondary N) is 1. The molecule has 0 unspecified atom stereocenters. The van der Waals surface area contributed by atoms with Gasteiger partial charge in [0, 0.05) is 31.1 Å². The van der Waals surface area contributed by atoms with Gasteiger partial charge in [0.2, 0.25) is 18.6 Å². The standard InChI is InChI=1S/C19H22N2O4/c22-18(6-2-13-1-5-16-17(11-13)25-12-24-16)20-15-7-9-21(10-8-15)19(23)14-3-4-14/h1-2,5-6,11,14-15H,3-4,7-10,12H2,(H,20,22)/b6-2+. The van der Waals surface area contributed by atoms with E-state index in [9.17, 15) is 9.59 Å². The lowest BCUT2D eigenvalue weighted by Gasteiger charge is -2.32. The average Bonchev–Trinajstić information content (AvgIpc) is 3.37. The van der Waals surface area contributed by atoms with Gasteiger partial charge in [0.1, 0.15) is 0 Å². The monoisotopic (exact) mass is 342 g/mol. The first kappa shape index (κ1) is 16.0. The highest BCUT2D eigenvalue weighted by molar-refractivity contribution is 5.92. The summed E-state index contributed by atoms with van der Waals surface area (Å²) >= 11 is 0. The van der Waals surface area contributed by atoms with Crippen LogP contribution in [0.1, 0.15) is 31.2 Å². The fourth-order valence-electron chi connectivity index (χ4n) is 3.27. The summed E-state index contributed by atoms with van der Waals surface area (Å²) in [4.78, 5) is 26.1. The van der Waals surface area contributed by atoms with E-state index in [-0.39, 0.29) is 24.7 Å². The smallest absolute Gasteiger partial charge is 0.244 e. The Hall–Kier alpha value is -2.50. The summed E-state index contributed by atoms with van der Waals surface area (Å²) in [5, 5.41) is 3.03. The largest absolute Gasteiger partial charge is 0.454 e. The van der Waals surface area contributed by atoms with Crippen molar-refractivity contribution in [3.8, 4) is 11.5 Å². The van der Waals surface area contributed by atoms with Crippen LogP contribution >= 0.6 is 0 Å². The molecule has 1 aromatic carbocycles. The van der Waals surface area contributed by atoms with Crippen LogP contribution < -0.4 is 14.8 Å². The van der Waals surface area contributed by atoms with E-state index in [1.165, 1.54) is 0 Å². The van der Waals surface area contributed by atoms with Crippen molar-refractivity contribution in [1.29, 1.82) is 0 Å². The van der Waals surface area contributed by atoms with Gasteiger partial charge in [0.05, 0.1) is 0 Å². The summed E-state index contributed by atoms with van der Waals surface area (Å²) < 4.78 is 10.6. The lowest BCUT2D eigenvalue weighted by molar-refractivity contribution is -0.133. The number of nitrogens with zero attached hydrogens (tertiary/aromatic N) is 1. The lowest BCUT2D eigenvalue weighted by Crippen LogP contribution is -2.46. The summed E-state index contributed by atoms with van der Waals surface area (Å²) in [7, 11) is 0. The number of ether oxygens (including phenoxy) is 2. The number of carbonyl (C=O) groups is 2. The maximum Gasteiger partial charge on any atom is 0.244 e. The van der Waals surface area contributed by atoms with E-state index in [4.69, 9.17) is 9.47 Å². The summed E-state index contributed by atoms with van der Waals surface area (Å²) in [5.41, 5.74) is 0.893. The van der Waals surface area contributed by atoms with Crippen LogP contribution in [0.15, 0.2) is 24.3 Å². The van der Waals surface area contributed by atoms with E-state index in [0.29, 0.717) is 11.7 Å². The molecule has 1 aliphatic carbocycles. The van der Waals surface area contributed by atoms with Crippen molar-refractivity contribution in [2.75, 3.05) is 19.9 Å². The van der Waals surface area contributed by atoms with Gasteiger partial charge in [0.15, 0.2) is 11.5 Å². The second-order valence-electron chi connectivity index (χ2n) is 6.83. The third-order valence-electron chi connectivity index (χ3n) is 4.90. The number of carbonyl (C=O) groups excluding carboxylic acids is 2. The highest BCUT2D eigenvalue weighted by Crippen LogP contribution is 2.33. The van der Waals surface area contributed by atoms with Crippen LogP contribution in [-0.4, -0.2) is 42.6 Å². The lowest BCUT2D eigenvalue weighted by atomic mass is 10.0. The zero-order chi connectivity index (χ0) is 17.2. The Labute approximate surface area is 146 Å². The van der Waals surface area contributed by atoms with Gasteiger partial charge in [-0.25, -0.2) is 0 Å². The van der Waals surface area contributed by atoms with Gasteiger partial charge >= 0.3 is 0 Å². The molecular formula is C19H22N2O4. The molecule has 3 aliphatic rings. The Morgan fingerprint density at radius 3 is 2.60 bits per heavy atom. The van der Waals surface area contributed by atoms with Crippen molar-refractivity contribution in [1.82, 2.24) is 10.2 Å². The number of likely N-dealkylation sites (tertiary alicyclic amines) is 1. The van der Waals surface area contributed by atoms with Crippen molar-refractivity contribution in [2.45, 2.75) is 31.7 Å². The van der Waals surface area contributed by atoms with Crippen molar-refractivity contribution < 1.29 is 19.1 Å². The van der Waals surface area contributed by atoms with Gasteiger partial charge in [0.25, 0.3) is 0 Å². The van der Waals surface area contributed by atoms with Gasteiger partial charge in [-0.1, -0.05) is 6.07 Å². The number of benzene rings is 1. The molecule has 0 radical (unpaired) electrons. The number of amides is 2. The number of fused-ring (bicyclic) bond motifs is 1. The van der Waals surface area contributed by atoms with Crippen molar-refractivity contribution in [3.05, 3.63) is 29.8 Å². The second-order valence-corrected chi connectivity index (χ2v) is 6.83. The topological polar surface area (TPSA) is 67.9 Å². The van der Waals surface area contributed by atoms with Crippen LogP contribution in [0.25, 0.3) is 6.08 Å². The first-order valence-electron chi connectivity index (χ1n) is 8.86. The Morgan fingerprint density at radius 1 is 1.08 bits per heavy atom. The molecule has 2 aliphatic heterocycles. The molecule has 4 rings (SSSR count). The van der Waals surface area contributed by atoms with Crippen LogP contribution in [0.3, 0.4) is 0 Å². The minimum atomic E-state index is -0.107. The molecule has 0 bridgehead atoms. The van der Waals surface area contributed by atoms with Crippen molar-refractivity contribution >= 4 is 17.9 Å². The molecule has 0 atom stereocenters. The summed E-state index contributed by atoms with van der Waals surface area (Å²) in [5.74, 6) is 1.90. The second kappa shape index (κ2) is 6.78. The summed E-state index contributed by atoms with van der Waals surface area (Å²) in [6.45, 7) is 1.73. The third kappa shape index (κ3) is 3.78. The van der Waals surface area contributed by atoms with Crippen LogP contribution in [0.2, 0.25) is 0 Å². The highest BCUT2D eigenvalue weighted by atomic mass is 16.7. The summed E-state index contributed by atoms with van der Waals surface area (Å²) in [6.07, 6.45) is 7.03. The minimum Gasteiger partial charge on any atom is -0.454 e. The van der Waals surface area contributed by atoms with Crippen LogP contribution in [0.5, 0.6) is 11.5 Å². The van der Waals surface area contributed by atoms with Crippen molar-refractivity contribution in [2.24, 2.45) is 5.92 Å². The van der Waals surface area contributed by atoms with Gasteiger partial charge < -0.3 is 19.7 Å². The number of rotatable bonds is 4. The zero-order valence-electron chi connectivity index (χ0n) is 14.1. The SMILES string of the molecule is O=C(/C=C/c1ccc2c(c1)OCO2)NC1CCN(C(=O)C2CC2)CC1. The fourth-order valence-corrected chi connectivity index (χ4v) is 3.27. The van der Waals surface area contributed by atoms with E-state index in [0.717, 1.165) is 50.1 Å². The molecule has 6 nitrogen and oxygen atoms in total. The van der Waals surface area contributed by atoms with Gasteiger partial charge in [-0.3, -0.25) is 9.59 Å². The van der Waals surface area contributed by atoms with E-state index >= 15 is 0 Å². The normalized spacial score (nSPS) is 20.1. The zero-order valence-corrected chi connectivity index (χ0v) is 14.1. The predicted octanol–water partition coefficient (Wildman–Crippen LogP) is 1.95. The molecule has 6 heteroatoms. The minimum absolute atomic E-state index is 0.107. The van der Waals surface area contributed by atoms with E-state index in [2.05, 4.69) is 5.32 Å². The molecule has 2 fully saturated rings. The molecule has 2 heterocycles. The molecule has 1 N–H and O–H groups in total. The Balaban J connectivity index is 1.26. The van der Waals surface area contributed by atoms with Crippen LogP contribution in [0, 0.1) is 5.92 Å². The van der Waals surface area contributed by atoms with Gasteiger partial charge in [-0.15, -0.1) is 0 Å². The number of hydrogen-bond donors (Lipinski definition) is 1. The van der Waals surface area contributed by atoms with E-state index in [1.54, 1.807) is 12.2 Å². The molecule has 1 aromatic rings. The molecular weight excluding hydrogens is 320 g/mol. The maximum absolute atomic E-state index is 12.1. The number of piperidine rings is 1. The van der Waals surface area contributed by atoms with Gasteiger partial charge in [-0.05, 0) is 49.5 Å². The van der Waals surface area contributed by atoms with E-state index in [1.807, 2.05) is 23.1 Å². The molecule has 1 saturated carbocycles. The first-order chi connectivity index (χ1) is 12.2.